The highest BCUT2D eigenvalue weighted by Crippen LogP contribution is 2.40. The molecule has 0 radical (unpaired) electrons. The van der Waals surface area contributed by atoms with Crippen LogP contribution in [-0.2, 0) is 0 Å². The summed E-state index contributed by atoms with van der Waals surface area (Å²) in [5.74, 6) is -0.443. The molecular formula is C16H23N3O4. The Bertz CT molecular complexity index is 623. The summed E-state index contributed by atoms with van der Waals surface area (Å²) >= 11 is 0. The Kier molecular flexibility index (Phi) is 4.48. The van der Waals surface area contributed by atoms with Gasteiger partial charge in [-0.3, -0.25) is 20.8 Å². The van der Waals surface area contributed by atoms with Crippen LogP contribution < -0.4 is 10.8 Å². The molecule has 1 aliphatic heterocycles. The predicted octanol–water partition coefficient (Wildman–Crippen LogP) is 2.27. The molecule has 23 heavy (non-hydrogen) atoms. The lowest BCUT2D eigenvalue weighted by atomic mass is 9.73. The van der Waals surface area contributed by atoms with Crippen LogP contribution in [0.3, 0.4) is 0 Å². The summed E-state index contributed by atoms with van der Waals surface area (Å²) in [7, 11) is 0. The number of benzene rings is 1. The van der Waals surface area contributed by atoms with Gasteiger partial charge in [0.1, 0.15) is 0 Å². The fourth-order valence-electron chi connectivity index (χ4n) is 3.46. The number of hydrogen-bond donors (Lipinski definition) is 4. The molecule has 1 heterocycles. The maximum absolute atomic E-state index is 10.8. The van der Waals surface area contributed by atoms with Gasteiger partial charge in [-0.05, 0) is 51.5 Å². The third-order valence-electron chi connectivity index (χ3n) is 4.16. The van der Waals surface area contributed by atoms with Gasteiger partial charge in [0.2, 0.25) is 0 Å². The van der Waals surface area contributed by atoms with E-state index in [9.17, 15) is 20.4 Å². The van der Waals surface area contributed by atoms with Crippen LogP contribution in [0.4, 0.5) is 5.69 Å². The topological polar surface area (TPSA) is 108 Å². The zero-order valence-corrected chi connectivity index (χ0v) is 13.7. The first kappa shape index (κ1) is 17.4. The summed E-state index contributed by atoms with van der Waals surface area (Å²) in [6.45, 7) is 7.83. The molecule has 1 aromatic rings. The van der Waals surface area contributed by atoms with Crippen LogP contribution >= 0.6 is 0 Å². The largest absolute Gasteiger partial charge is 0.388 e. The average Bonchev–Trinajstić information content (AvgIpc) is 2.43. The predicted molar refractivity (Wildman–Crippen MR) is 85.8 cm³/mol. The van der Waals surface area contributed by atoms with Gasteiger partial charge in [0.25, 0.3) is 5.69 Å². The number of nitrogens with one attached hydrogen (secondary N) is 2. The first-order valence-electron chi connectivity index (χ1n) is 7.42. The van der Waals surface area contributed by atoms with Crippen LogP contribution in [0.5, 0.6) is 0 Å². The molecule has 4 N–H and O–H groups in total. The maximum Gasteiger partial charge on any atom is 0.269 e. The van der Waals surface area contributed by atoms with Crippen molar-refractivity contribution in [2.24, 2.45) is 5.92 Å². The number of hydrogen-bond acceptors (Lipinski definition) is 6. The molecule has 0 aromatic heterocycles. The number of nitro benzene ring substituents is 1. The van der Waals surface area contributed by atoms with Gasteiger partial charge in [0, 0.05) is 34.8 Å². The molecule has 0 aliphatic carbocycles. The van der Waals surface area contributed by atoms with Crippen LogP contribution in [0.2, 0.25) is 0 Å². The molecule has 2 atom stereocenters. The third-order valence-corrected chi connectivity index (χ3v) is 4.16. The molecule has 7 heteroatoms. The first-order valence-corrected chi connectivity index (χ1v) is 7.42. The van der Waals surface area contributed by atoms with Crippen LogP contribution in [0, 0.1) is 16.0 Å². The molecule has 126 valence electrons. The summed E-state index contributed by atoms with van der Waals surface area (Å²) in [6.07, 6.45) is 0.901. The highest BCUT2D eigenvalue weighted by atomic mass is 16.6. The molecule has 0 saturated carbocycles. The van der Waals surface area contributed by atoms with Gasteiger partial charge < -0.3 is 10.4 Å². The molecule has 2 rings (SSSR count). The average molecular weight is 321 g/mol. The molecule has 0 saturated heterocycles. The molecule has 1 aromatic carbocycles. The molecule has 1 aliphatic rings. The van der Waals surface area contributed by atoms with Crippen molar-refractivity contribution in [3.8, 4) is 0 Å². The Labute approximate surface area is 135 Å². The summed E-state index contributed by atoms with van der Waals surface area (Å²) in [5.41, 5.74) is 2.38. The van der Waals surface area contributed by atoms with Crippen molar-refractivity contribution in [2.75, 3.05) is 0 Å². The number of rotatable bonds is 4. The third kappa shape index (κ3) is 3.52. The Morgan fingerprint density at radius 1 is 1.26 bits per heavy atom. The van der Waals surface area contributed by atoms with E-state index in [0.717, 1.165) is 0 Å². The molecule has 7 nitrogen and oxygen atoms in total. The van der Waals surface area contributed by atoms with E-state index in [2.05, 4.69) is 10.8 Å². The maximum atomic E-state index is 10.8. The fraction of sp³-hybridized carbons (Fsp3) is 0.500. The van der Waals surface area contributed by atoms with Crippen molar-refractivity contribution >= 4 is 5.69 Å². The first-order chi connectivity index (χ1) is 10.6. The van der Waals surface area contributed by atoms with Gasteiger partial charge in [0.05, 0.1) is 11.0 Å². The lowest BCUT2D eigenvalue weighted by molar-refractivity contribution is -0.384. The quantitative estimate of drug-likeness (QED) is 0.500. The molecular weight excluding hydrogens is 298 g/mol. The Morgan fingerprint density at radius 3 is 2.30 bits per heavy atom. The van der Waals surface area contributed by atoms with Crippen molar-refractivity contribution in [1.82, 2.24) is 10.8 Å². The lowest BCUT2D eigenvalue weighted by Crippen LogP contribution is -2.61. The highest BCUT2D eigenvalue weighted by Gasteiger charge is 2.44. The minimum absolute atomic E-state index is 0.0286. The lowest BCUT2D eigenvalue weighted by Gasteiger charge is -2.48. The number of nitro groups is 1. The van der Waals surface area contributed by atoms with Crippen LogP contribution in [-0.4, -0.2) is 26.3 Å². The number of aliphatic hydroxyl groups is 1. The van der Waals surface area contributed by atoms with Crippen molar-refractivity contribution in [1.29, 1.82) is 0 Å². The van der Waals surface area contributed by atoms with Gasteiger partial charge in [-0.25, -0.2) is 0 Å². The molecule has 0 fully saturated rings. The van der Waals surface area contributed by atoms with E-state index in [1.807, 2.05) is 33.8 Å². The van der Waals surface area contributed by atoms with Crippen molar-refractivity contribution in [3.05, 3.63) is 51.7 Å². The van der Waals surface area contributed by atoms with Crippen LogP contribution in [0.15, 0.2) is 36.0 Å². The zero-order valence-electron chi connectivity index (χ0n) is 13.7. The smallest absolute Gasteiger partial charge is 0.269 e. The SMILES string of the molecule is CC1(C)C=C(NO)C(C(O)c2ccc([N+](=O)[O-])cc2)C(C)(C)N1. The minimum Gasteiger partial charge on any atom is -0.388 e. The van der Waals surface area contributed by atoms with E-state index in [-0.39, 0.29) is 11.2 Å². The number of hydroxylamine groups is 1. The van der Waals surface area contributed by atoms with E-state index < -0.39 is 22.5 Å². The highest BCUT2D eigenvalue weighted by molar-refractivity contribution is 5.36. The second-order valence-corrected chi connectivity index (χ2v) is 7.05. The minimum atomic E-state index is -0.930. The number of nitrogens with zero attached hydrogens (tertiary/aromatic N) is 1. The standard InChI is InChI=1S/C16H23N3O4/c1-15(2)9-12(17-21)13(16(3,4)18-15)14(20)10-5-7-11(8-6-10)19(22)23/h5-9,13-14,17-18,20-21H,1-4H3. The molecule has 0 bridgehead atoms. The van der Waals surface area contributed by atoms with Gasteiger partial charge in [0.15, 0.2) is 0 Å². The summed E-state index contributed by atoms with van der Waals surface area (Å²) in [5, 5.41) is 34.4. The van der Waals surface area contributed by atoms with Gasteiger partial charge in [-0.1, -0.05) is 0 Å². The van der Waals surface area contributed by atoms with Crippen molar-refractivity contribution in [3.63, 3.8) is 0 Å². The molecule has 2 unspecified atom stereocenters. The fourth-order valence-corrected chi connectivity index (χ4v) is 3.46. The molecule has 0 spiro atoms. The van der Waals surface area contributed by atoms with E-state index in [1.54, 1.807) is 0 Å². The zero-order chi connectivity index (χ0) is 17.4. The second kappa shape index (κ2) is 5.92. The molecule has 0 amide bonds. The Hall–Kier alpha value is -1.96. The van der Waals surface area contributed by atoms with E-state index in [0.29, 0.717) is 11.3 Å². The van der Waals surface area contributed by atoms with Gasteiger partial charge in [-0.2, -0.15) is 0 Å². The van der Waals surface area contributed by atoms with Crippen molar-refractivity contribution in [2.45, 2.75) is 44.9 Å². The Morgan fingerprint density at radius 2 is 1.83 bits per heavy atom. The summed E-state index contributed by atoms with van der Waals surface area (Å²) in [4.78, 5) is 10.3. The normalized spacial score (nSPS) is 23.7. The van der Waals surface area contributed by atoms with Crippen molar-refractivity contribution < 1.29 is 15.2 Å². The summed E-state index contributed by atoms with van der Waals surface area (Å²) < 4.78 is 0. The van der Waals surface area contributed by atoms with E-state index in [1.165, 1.54) is 24.3 Å². The summed E-state index contributed by atoms with van der Waals surface area (Å²) in [6, 6.07) is 5.80. The Balaban J connectivity index is 2.39. The van der Waals surface area contributed by atoms with Gasteiger partial charge in [-0.15, -0.1) is 0 Å². The van der Waals surface area contributed by atoms with E-state index in [4.69, 9.17) is 0 Å². The van der Waals surface area contributed by atoms with Crippen LogP contribution in [0.25, 0.3) is 0 Å². The van der Waals surface area contributed by atoms with Crippen LogP contribution in [0.1, 0.15) is 39.4 Å². The monoisotopic (exact) mass is 321 g/mol. The van der Waals surface area contributed by atoms with E-state index >= 15 is 0 Å². The number of aliphatic hydroxyl groups excluding tert-OH is 1. The second-order valence-electron chi connectivity index (χ2n) is 7.05. The van der Waals surface area contributed by atoms with Gasteiger partial charge >= 0.3 is 0 Å². The number of non-ortho nitro benzene ring substituents is 1.